The quantitative estimate of drug-likeness (QED) is 0.794. The van der Waals surface area contributed by atoms with Gasteiger partial charge in [0.15, 0.2) is 0 Å². The summed E-state index contributed by atoms with van der Waals surface area (Å²) in [4.78, 5) is 9.26. The third kappa shape index (κ3) is 2.29. The van der Waals surface area contributed by atoms with Crippen molar-refractivity contribution in [3.05, 3.63) is 34.7 Å². The molecule has 0 aliphatic rings. The number of para-hydroxylation sites is 1. The van der Waals surface area contributed by atoms with E-state index in [9.17, 15) is 0 Å². The van der Waals surface area contributed by atoms with Crippen LogP contribution in [0, 0.1) is 0 Å². The van der Waals surface area contributed by atoms with E-state index in [0.717, 1.165) is 29.2 Å². The highest BCUT2D eigenvalue weighted by Crippen LogP contribution is 2.30. The van der Waals surface area contributed by atoms with E-state index >= 15 is 0 Å². The Balaban J connectivity index is 1.91. The van der Waals surface area contributed by atoms with Gasteiger partial charge in [-0.15, -0.1) is 22.7 Å². The van der Waals surface area contributed by atoms with Crippen LogP contribution in [0.5, 0.6) is 0 Å². The van der Waals surface area contributed by atoms with Crippen LogP contribution in [-0.4, -0.2) is 23.6 Å². The third-order valence-corrected chi connectivity index (χ3v) is 4.62. The molecule has 0 unspecified atom stereocenters. The summed E-state index contributed by atoms with van der Waals surface area (Å²) in [6.45, 7) is 0.965. The molecule has 5 heteroatoms. The fraction of sp³-hybridized carbons (Fsp3) is 0.231. The highest BCUT2D eigenvalue weighted by molar-refractivity contribution is 7.21. The molecule has 0 fully saturated rings. The molecule has 3 aromatic rings. The number of hydrogen-bond acceptors (Lipinski definition) is 5. The van der Waals surface area contributed by atoms with Gasteiger partial charge in [-0.1, -0.05) is 12.1 Å². The molecule has 1 N–H and O–H groups in total. The lowest BCUT2D eigenvalue weighted by Crippen LogP contribution is -2.09. The summed E-state index contributed by atoms with van der Waals surface area (Å²) in [5.41, 5.74) is 2.06. The molecular weight excluding hydrogens is 262 g/mol. The Bertz CT molecular complexity index is 624. The standard InChI is InChI=1S/C13H13N3S2/c1-14-7-6-12-15-10(8-17-12)13-16-9-4-2-3-5-11(9)18-13/h2-5,8,14H,6-7H2,1H3. The van der Waals surface area contributed by atoms with Crippen LogP contribution >= 0.6 is 22.7 Å². The zero-order valence-corrected chi connectivity index (χ0v) is 11.6. The van der Waals surface area contributed by atoms with E-state index < -0.39 is 0 Å². The molecule has 3 rings (SSSR count). The Kier molecular flexibility index (Phi) is 3.36. The van der Waals surface area contributed by atoms with Crippen LogP contribution in [0.4, 0.5) is 0 Å². The lowest BCUT2D eigenvalue weighted by atomic mass is 10.3. The van der Waals surface area contributed by atoms with Crippen molar-refractivity contribution < 1.29 is 0 Å². The summed E-state index contributed by atoms with van der Waals surface area (Å²) in [7, 11) is 1.96. The molecule has 0 aliphatic carbocycles. The summed E-state index contributed by atoms with van der Waals surface area (Å²) in [5.74, 6) is 0. The first kappa shape index (κ1) is 11.8. The summed E-state index contributed by atoms with van der Waals surface area (Å²) in [6, 6.07) is 8.21. The van der Waals surface area contributed by atoms with E-state index in [-0.39, 0.29) is 0 Å². The van der Waals surface area contributed by atoms with Crippen molar-refractivity contribution in [3.8, 4) is 10.7 Å². The Morgan fingerprint density at radius 1 is 1.22 bits per heavy atom. The number of benzene rings is 1. The van der Waals surface area contributed by atoms with E-state index in [1.807, 2.05) is 25.2 Å². The molecule has 0 atom stereocenters. The molecule has 2 aromatic heterocycles. The number of hydrogen-bond donors (Lipinski definition) is 1. The summed E-state index contributed by atoms with van der Waals surface area (Å²) < 4.78 is 1.22. The van der Waals surface area contributed by atoms with Crippen molar-refractivity contribution in [1.29, 1.82) is 0 Å². The zero-order chi connectivity index (χ0) is 12.4. The van der Waals surface area contributed by atoms with E-state index in [1.165, 1.54) is 9.71 Å². The van der Waals surface area contributed by atoms with E-state index in [0.29, 0.717) is 0 Å². The number of fused-ring (bicyclic) bond motifs is 1. The van der Waals surface area contributed by atoms with Gasteiger partial charge in [-0.2, -0.15) is 0 Å². The first-order valence-corrected chi connectivity index (χ1v) is 7.51. The van der Waals surface area contributed by atoms with Gasteiger partial charge in [-0.3, -0.25) is 0 Å². The van der Waals surface area contributed by atoms with E-state index in [1.54, 1.807) is 22.7 Å². The smallest absolute Gasteiger partial charge is 0.143 e. The maximum absolute atomic E-state index is 4.64. The molecule has 0 amide bonds. The number of nitrogens with zero attached hydrogens (tertiary/aromatic N) is 2. The Morgan fingerprint density at radius 2 is 2.11 bits per heavy atom. The second kappa shape index (κ2) is 5.14. The van der Waals surface area contributed by atoms with Gasteiger partial charge in [0, 0.05) is 18.3 Å². The number of aromatic nitrogens is 2. The molecule has 0 spiro atoms. The van der Waals surface area contributed by atoms with Gasteiger partial charge in [0.05, 0.1) is 15.2 Å². The van der Waals surface area contributed by atoms with E-state index in [2.05, 4.69) is 26.7 Å². The average Bonchev–Trinajstić information content (AvgIpc) is 3.02. The highest BCUT2D eigenvalue weighted by atomic mass is 32.1. The van der Waals surface area contributed by atoms with Gasteiger partial charge in [-0.05, 0) is 19.2 Å². The van der Waals surface area contributed by atoms with Crippen molar-refractivity contribution >= 4 is 32.9 Å². The van der Waals surface area contributed by atoms with Crippen molar-refractivity contribution in [2.75, 3.05) is 13.6 Å². The lowest BCUT2D eigenvalue weighted by Gasteiger charge is -1.93. The molecular formula is C13H13N3S2. The van der Waals surface area contributed by atoms with Crippen LogP contribution in [0.25, 0.3) is 20.9 Å². The van der Waals surface area contributed by atoms with Crippen LogP contribution in [-0.2, 0) is 6.42 Å². The van der Waals surface area contributed by atoms with Crippen molar-refractivity contribution in [3.63, 3.8) is 0 Å². The molecule has 3 nitrogen and oxygen atoms in total. The number of thiazole rings is 2. The van der Waals surface area contributed by atoms with Gasteiger partial charge < -0.3 is 5.32 Å². The normalized spacial score (nSPS) is 11.2. The third-order valence-electron chi connectivity index (χ3n) is 2.65. The van der Waals surface area contributed by atoms with Crippen LogP contribution < -0.4 is 5.32 Å². The summed E-state index contributed by atoms with van der Waals surface area (Å²) in [6.07, 6.45) is 0.978. The summed E-state index contributed by atoms with van der Waals surface area (Å²) >= 11 is 3.41. The van der Waals surface area contributed by atoms with Crippen LogP contribution in [0.1, 0.15) is 5.01 Å². The van der Waals surface area contributed by atoms with Gasteiger partial charge in [-0.25, -0.2) is 9.97 Å². The predicted molar refractivity (Wildman–Crippen MR) is 78.4 cm³/mol. The molecule has 0 saturated carbocycles. The Hall–Kier alpha value is -1.30. The van der Waals surface area contributed by atoms with E-state index in [4.69, 9.17) is 0 Å². The Labute approximate surface area is 114 Å². The minimum Gasteiger partial charge on any atom is -0.319 e. The van der Waals surface area contributed by atoms with Gasteiger partial charge in [0.1, 0.15) is 10.7 Å². The van der Waals surface area contributed by atoms with Crippen LogP contribution in [0.15, 0.2) is 29.6 Å². The average molecular weight is 275 g/mol. The van der Waals surface area contributed by atoms with Crippen molar-refractivity contribution in [1.82, 2.24) is 15.3 Å². The number of likely N-dealkylation sites (N-methyl/N-ethyl adjacent to an activating group) is 1. The molecule has 0 aliphatic heterocycles. The SMILES string of the molecule is CNCCc1nc(-c2nc3ccccc3s2)cs1. The second-order valence-corrected chi connectivity index (χ2v) is 5.94. The lowest BCUT2D eigenvalue weighted by molar-refractivity contribution is 0.788. The Morgan fingerprint density at radius 3 is 2.94 bits per heavy atom. The van der Waals surface area contributed by atoms with Gasteiger partial charge >= 0.3 is 0 Å². The second-order valence-electron chi connectivity index (χ2n) is 3.97. The van der Waals surface area contributed by atoms with Crippen LogP contribution in [0.3, 0.4) is 0 Å². The molecule has 0 radical (unpaired) electrons. The summed E-state index contributed by atoms with van der Waals surface area (Å²) in [5, 5.41) is 7.42. The molecule has 1 aromatic carbocycles. The highest BCUT2D eigenvalue weighted by Gasteiger charge is 2.09. The molecule has 18 heavy (non-hydrogen) atoms. The van der Waals surface area contributed by atoms with Crippen molar-refractivity contribution in [2.24, 2.45) is 0 Å². The van der Waals surface area contributed by atoms with Crippen LogP contribution in [0.2, 0.25) is 0 Å². The van der Waals surface area contributed by atoms with Crippen molar-refractivity contribution in [2.45, 2.75) is 6.42 Å². The maximum atomic E-state index is 4.64. The first-order chi connectivity index (χ1) is 8.86. The topological polar surface area (TPSA) is 37.8 Å². The minimum atomic E-state index is 0.965. The zero-order valence-electron chi connectivity index (χ0n) is 10.0. The number of nitrogens with one attached hydrogen (secondary N) is 1. The van der Waals surface area contributed by atoms with Gasteiger partial charge in [0.2, 0.25) is 0 Å². The molecule has 0 saturated heterocycles. The number of rotatable bonds is 4. The van der Waals surface area contributed by atoms with Gasteiger partial charge in [0.25, 0.3) is 0 Å². The first-order valence-electron chi connectivity index (χ1n) is 5.82. The fourth-order valence-electron chi connectivity index (χ4n) is 1.74. The predicted octanol–water partition coefficient (Wildman–Crippen LogP) is 3.18. The largest absolute Gasteiger partial charge is 0.319 e. The molecule has 2 heterocycles. The maximum Gasteiger partial charge on any atom is 0.143 e. The fourth-order valence-corrected chi connectivity index (χ4v) is 3.52. The molecule has 0 bridgehead atoms. The monoisotopic (exact) mass is 275 g/mol. The minimum absolute atomic E-state index is 0.965. The molecule has 92 valence electrons.